The average molecular weight is 869 g/mol. The minimum Gasteiger partial charge on any atom is -0.550 e. The topological polar surface area (TPSA) is 254 Å². The molecule has 0 heterocycles. The fourth-order valence-corrected chi connectivity index (χ4v) is 6.69. The fraction of sp³-hybridized carbons (Fsp3) is 0.762. The summed E-state index contributed by atoms with van der Waals surface area (Å²) in [5, 5.41) is 63.9. The third-order valence-corrected chi connectivity index (χ3v) is 9.92. The van der Waals surface area contributed by atoms with Crippen LogP contribution in [0.1, 0.15) is 129 Å². The number of quaternary nitrogens is 2. The van der Waals surface area contributed by atoms with E-state index in [9.17, 15) is 49.2 Å². The van der Waals surface area contributed by atoms with Gasteiger partial charge >= 0.3 is 49.7 Å². The number of aliphatic hydroxyl groups excluding tert-OH is 2. The Labute approximate surface area is 382 Å². The molecule has 0 aromatic heterocycles. The maximum Gasteiger partial charge on any atom is 2.00 e. The molecule has 2 atom stereocenters. The van der Waals surface area contributed by atoms with Crippen LogP contribution in [0.5, 0.6) is 0 Å². The molecule has 0 fully saturated rings. The number of nitrogens with one attached hydrogen (secondary N) is 2. The number of allylic oxidation sites excluding steroid dienone is 4. The van der Waals surface area contributed by atoms with E-state index in [0.717, 1.165) is 12.8 Å². The van der Waals surface area contributed by atoms with E-state index in [2.05, 4.69) is 10.6 Å². The first-order chi connectivity index (χ1) is 27.7. The van der Waals surface area contributed by atoms with Crippen LogP contribution >= 0.6 is 0 Å². The second-order valence-electron chi connectivity index (χ2n) is 14.8. The summed E-state index contributed by atoms with van der Waals surface area (Å²) < 4.78 is 1.08. The molecule has 0 aromatic rings. The maximum atomic E-state index is 12.0. The van der Waals surface area contributed by atoms with Gasteiger partial charge in [-0.15, -0.1) is 0 Å². The number of carboxylic acids is 4. The first-order valence-electron chi connectivity index (χ1n) is 21.3. The second kappa shape index (κ2) is 40.8. The molecule has 6 N–H and O–H groups in total. The summed E-state index contributed by atoms with van der Waals surface area (Å²) in [6.45, 7) is 9.94. The smallest absolute Gasteiger partial charge is 0.550 e. The minimum absolute atomic E-state index is 0. The van der Waals surface area contributed by atoms with Crippen molar-refractivity contribution in [2.45, 2.75) is 129 Å². The molecule has 0 saturated heterocycles. The summed E-state index contributed by atoms with van der Waals surface area (Å²) in [6.07, 6.45) is 17.2. The molecule has 17 heteroatoms. The predicted octanol–water partition coefficient (Wildman–Crippen LogP) is 1.29. The number of carboxylic acid groups (broad SMARTS) is 4. The van der Waals surface area contributed by atoms with Gasteiger partial charge in [0.2, 0.25) is 11.8 Å². The molecule has 2 unspecified atom stereocenters. The Bertz CT molecular complexity index is 1070. The Morgan fingerprint density at radius 3 is 1.07 bits per heavy atom. The molecule has 0 aliphatic rings. The third kappa shape index (κ3) is 39.3. The van der Waals surface area contributed by atoms with Crippen LogP contribution in [0.15, 0.2) is 24.3 Å². The van der Waals surface area contributed by atoms with Crippen LogP contribution in [0.25, 0.3) is 0 Å². The van der Waals surface area contributed by atoms with Crippen molar-refractivity contribution in [1.82, 2.24) is 10.6 Å². The molecule has 0 spiro atoms. The van der Waals surface area contributed by atoms with E-state index >= 15 is 0 Å². The van der Waals surface area contributed by atoms with Gasteiger partial charge in [-0.25, -0.2) is 0 Å². The number of unbranched alkanes of at least 4 members (excludes halogenated alkanes) is 4. The van der Waals surface area contributed by atoms with E-state index in [4.69, 9.17) is 10.2 Å². The van der Waals surface area contributed by atoms with Gasteiger partial charge in [-0.05, 0) is 89.9 Å². The van der Waals surface area contributed by atoms with Crippen molar-refractivity contribution < 1.29 is 68.4 Å². The standard InChI is InChI=1S/2C21H38N2O6.Ca/c2*1-2-3-4-5-10-19(25)22-13-16-23(17-18-24,14-8-6-11-20(26)27)15-9-7-12-21(28)29;/h2*3-4,24H,2,5-18H2,1H3,(H2-,22,25,26,27,28,29);/q;;+2/b2*4-3+;. The minimum atomic E-state index is -1.07. The van der Waals surface area contributed by atoms with E-state index in [1.54, 1.807) is 0 Å². The van der Waals surface area contributed by atoms with Crippen molar-refractivity contribution in [2.24, 2.45) is 0 Å². The van der Waals surface area contributed by atoms with Crippen molar-refractivity contribution in [1.29, 1.82) is 0 Å². The molecule has 0 bridgehead atoms. The molecule has 0 aliphatic carbocycles. The van der Waals surface area contributed by atoms with E-state index in [-0.39, 0.29) is 88.4 Å². The van der Waals surface area contributed by atoms with Crippen LogP contribution < -0.4 is 20.8 Å². The Morgan fingerprint density at radius 1 is 0.475 bits per heavy atom. The van der Waals surface area contributed by atoms with Crippen LogP contribution in [0.3, 0.4) is 0 Å². The monoisotopic (exact) mass is 869 g/mol. The first kappa shape index (κ1) is 60.7. The summed E-state index contributed by atoms with van der Waals surface area (Å²) >= 11 is 0. The summed E-state index contributed by atoms with van der Waals surface area (Å²) in [4.78, 5) is 66.7. The van der Waals surface area contributed by atoms with Gasteiger partial charge in [0.25, 0.3) is 0 Å². The number of aliphatic carboxylic acids is 4. The number of carbonyl (C=O) groups excluding carboxylic acids is 4. The van der Waals surface area contributed by atoms with Gasteiger partial charge in [0, 0.05) is 37.6 Å². The normalized spacial score (nSPS) is 13.1. The van der Waals surface area contributed by atoms with Gasteiger partial charge in [0.1, 0.15) is 13.1 Å². The molecule has 0 saturated carbocycles. The Hall–Kier alpha value is -2.60. The quantitative estimate of drug-likeness (QED) is 0.0222. The molecule has 16 nitrogen and oxygen atoms in total. The summed E-state index contributed by atoms with van der Waals surface area (Å²) in [5.41, 5.74) is 0. The van der Waals surface area contributed by atoms with Crippen molar-refractivity contribution in [2.75, 3.05) is 78.7 Å². The van der Waals surface area contributed by atoms with Crippen LogP contribution in [0.2, 0.25) is 0 Å². The van der Waals surface area contributed by atoms with Crippen LogP contribution in [0.4, 0.5) is 0 Å². The second-order valence-corrected chi connectivity index (χ2v) is 14.8. The molecule has 0 rings (SSSR count). The van der Waals surface area contributed by atoms with E-state index in [1.165, 1.54) is 0 Å². The zero-order valence-electron chi connectivity index (χ0n) is 36.2. The zero-order valence-corrected chi connectivity index (χ0v) is 38.4. The van der Waals surface area contributed by atoms with E-state index < -0.39 is 23.9 Å². The van der Waals surface area contributed by atoms with Crippen LogP contribution in [-0.2, 0) is 28.8 Å². The number of hydrogen-bond donors (Lipinski definition) is 6. The summed E-state index contributed by atoms with van der Waals surface area (Å²) in [5.74, 6) is -3.84. The molecule has 336 valence electrons. The first-order valence-corrected chi connectivity index (χ1v) is 21.3. The molecule has 0 aromatic carbocycles. The van der Waals surface area contributed by atoms with Crippen molar-refractivity contribution >= 4 is 73.4 Å². The molecule has 2 amide bonds. The number of aliphatic hydroxyl groups is 2. The largest absolute Gasteiger partial charge is 2.00 e. The third-order valence-electron chi connectivity index (χ3n) is 9.92. The van der Waals surface area contributed by atoms with Gasteiger partial charge < -0.3 is 59.8 Å². The van der Waals surface area contributed by atoms with E-state index in [0.29, 0.717) is 151 Å². The van der Waals surface area contributed by atoms with Crippen molar-refractivity contribution in [3.05, 3.63) is 24.3 Å². The summed E-state index contributed by atoms with van der Waals surface area (Å²) in [7, 11) is 0. The number of hydrogen-bond acceptors (Lipinski definition) is 10. The number of amides is 2. The van der Waals surface area contributed by atoms with Gasteiger partial charge in [0.05, 0.1) is 65.6 Å². The molecule has 0 aliphatic heterocycles. The Morgan fingerprint density at radius 2 is 0.797 bits per heavy atom. The molecular weight excluding hydrogens is 793 g/mol. The molecule has 59 heavy (non-hydrogen) atoms. The number of carbonyl (C=O) groups is 6. The van der Waals surface area contributed by atoms with Gasteiger partial charge in [-0.3, -0.25) is 19.2 Å². The predicted molar refractivity (Wildman–Crippen MR) is 223 cm³/mol. The average Bonchev–Trinajstić information content (AvgIpc) is 3.16. The fourth-order valence-electron chi connectivity index (χ4n) is 6.69. The van der Waals surface area contributed by atoms with E-state index in [1.807, 2.05) is 38.2 Å². The molecular formula is C42H76CaN4O12+2. The van der Waals surface area contributed by atoms with Gasteiger partial charge in [-0.1, -0.05) is 38.2 Å². The Balaban J connectivity index is -0.00000105. The van der Waals surface area contributed by atoms with Crippen LogP contribution in [-0.4, -0.2) is 181 Å². The number of nitrogens with zero attached hydrogens (tertiary/aromatic N) is 2. The molecule has 0 radical (unpaired) electrons. The zero-order chi connectivity index (χ0) is 43.9. The van der Waals surface area contributed by atoms with Crippen LogP contribution in [0, 0.1) is 0 Å². The van der Waals surface area contributed by atoms with Gasteiger partial charge in [0.15, 0.2) is 0 Å². The SMILES string of the molecule is CC/C=C/CCC(=O)NCC[N+](CCO)(CCCCC(=O)[O-])CCCCC(=O)O.CC/C=C/CCC(=O)NCC[N+](CCO)(CCCCC(=O)[O-])CCCCC(=O)O.[Ca+2]. The maximum absolute atomic E-state index is 12.0. The number of rotatable bonds is 38. The van der Waals surface area contributed by atoms with Gasteiger partial charge in [-0.2, -0.15) is 0 Å². The van der Waals surface area contributed by atoms with Crippen molar-refractivity contribution in [3.8, 4) is 0 Å². The summed E-state index contributed by atoms with van der Waals surface area (Å²) in [6, 6.07) is 0. The Kier molecular flexibility index (Phi) is 42.0. The van der Waals surface area contributed by atoms with Crippen molar-refractivity contribution in [3.63, 3.8) is 0 Å².